The third-order valence-electron chi connectivity index (χ3n) is 5.49. The summed E-state index contributed by atoms with van der Waals surface area (Å²) < 4.78 is 4.86. The molecule has 1 N–H and O–H groups in total. The molecule has 1 aromatic heterocycles. The summed E-state index contributed by atoms with van der Waals surface area (Å²) in [5, 5.41) is 3.55. The number of nitrogens with one attached hydrogen (secondary N) is 1. The van der Waals surface area contributed by atoms with Crippen molar-refractivity contribution in [3.8, 4) is 0 Å². The lowest BCUT2D eigenvalue weighted by Crippen LogP contribution is -2.47. The highest BCUT2D eigenvalue weighted by Gasteiger charge is 2.26. The molecule has 27 heavy (non-hydrogen) atoms. The van der Waals surface area contributed by atoms with E-state index in [1.807, 2.05) is 0 Å². The first-order chi connectivity index (χ1) is 13.2. The van der Waals surface area contributed by atoms with E-state index in [9.17, 15) is 4.79 Å². The molecule has 1 saturated heterocycles. The van der Waals surface area contributed by atoms with Crippen LogP contribution in [0.5, 0.6) is 0 Å². The van der Waals surface area contributed by atoms with Gasteiger partial charge in [-0.1, -0.05) is 25.7 Å². The molecule has 148 valence electrons. The molecule has 2 heterocycles. The van der Waals surface area contributed by atoms with Gasteiger partial charge in [0.05, 0.1) is 24.7 Å². The summed E-state index contributed by atoms with van der Waals surface area (Å²) in [6, 6.07) is 1.19. The van der Waals surface area contributed by atoms with Gasteiger partial charge in [0.2, 0.25) is 0 Å². The van der Waals surface area contributed by atoms with Crippen molar-refractivity contribution in [3.63, 3.8) is 0 Å². The van der Waals surface area contributed by atoms with Gasteiger partial charge in [-0.15, -0.1) is 0 Å². The van der Waals surface area contributed by atoms with Crippen LogP contribution in [0.1, 0.15) is 64.0 Å². The largest absolute Gasteiger partial charge is 0.463 e. The van der Waals surface area contributed by atoms with Gasteiger partial charge >= 0.3 is 5.97 Å². The highest BCUT2D eigenvalue weighted by molar-refractivity contribution is 5.86. The van der Waals surface area contributed by atoms with Crippen LogP contribution in [0.3, 0.4) is 0 Å². The fraction of sp³-hybridized carbons (Fsp3) is 0.667. The van der Waals surface area contributed by atoms with E-state index in [2.05, 4.69) is 20.2 Å². The summed E-state index contributed by atoms with van der Waals surface area (Å²) in [5.41, 5.74) is 0.650. The first kappa shape index (κ1) is 19.8. The zero-order valence-corrected chi connectivity index (χ0v) is 16.4. The molecule has 1 aromatic rings. The van der Waals surface area contributed by atoms with Crippen molar-refractivity contribution in [1.82, 2.24) is 14.9 Å². The van der Waals surface area contributed by atoms with Gasteiger partial charge in [0, 0.05) is 24.7 Å². The van der Waals surface area contributed by atoms with Crippen molar-refractivity contribution in [2.75, 3.05) is 25.0 Å². The second-order valence-electron chi connectivity index (χ2n) is 7.54. The maximum atomic E-state index is 11.4. The highest BCUT2D eigenvalue weighted by Crippen LogP contribution is 2.25. The minimum Gasteiger partial charge on any atom is -0.463 e. The monoisotopic (exact) mass is 372 g/mol. The molecule has 0 amide bonds. The lowest BCUT2D eigenvalue weighted by atomic mass is 10.00. The molecule has 2 fully saturated rings. The van der Waals surface area contributed by atoms with Crippen molar-refractivity contribution < 1.29 is 9.53 Å². The summed E-state index contributed by atoms with van der Waals surface area (Å²) >= 11 is 0. The van der Waals surface area contributed by atoms with E-state index in [-0.39, 0.29) is 5.97 Å². The summed E-state index contributed by atoms with van der Waals surface area (Å²) in [6.07, 6.45) is 17.1. The molecular weight excluding hydrogens is 340 g/mol. The Bertz CT molecular complexity index is 609. The Kier molecular flexibility index (Phi) is 7.63. The van der Waals surface area contributed by atoms with Gasteiger partial charge in [-0.3, -0.25) is 9.88 Å². The van der Waals surface area contributed by atoms with Gasteiger partial charge in [-0.25, -0.2) is 9.78 Å². The second-order valence-corrected chi connectivity index (χ2v) is 7.54. The quantitative estimate of drug-likeness (QED) is 0.467. The van der Waals surface area contributed by atoms with Crippen LogP contribution >= 0.6 is 0 Å². The molecule has 2 aliphatic rings. The van der Waals surface area contributed by atoms with Crippen LogP contribution in [0.4, 0.5) is 5.82 Å². The number of nitrogens with zero attached hydrogens (tertiary/aromatic N) is 3. The van der Waals surface area contributed by atoms with E-state index in [1.165, 1.54) is 64.0 Å². The zero-order valence-electron chi connectivity index (χ0n) is 16.4. The van der Waals surface area contributed by atoms with Gasteiger partial charge in [-0.05, 0) is 45.2 Å². The average Bonchev–Trinajstić information content (AvgIpc) is 2.97. The van der Waals surface area contributed by atoms with Crippen LogP contribution in [-0.4, -0.2) is 52.6 Å². The number of ether oxygens (including phenoxy) is 1. The molecule has 0 aromatic carbocycles. The van der Waals surface area contributed by atoms with Crippen LogP contribution in [0.15, 0.2) is 18.5 Å². The number of hydrogen-bond donors (Lipinski definition) is 1. The first-order valence-electron chi connectivity index (χ1n) is 10.4. The molecule has 1 aliphatic carbocycles. The fourth-order valence-electron chi connectivity index (χ4n) is 4.13. The number of esters is 1. The number of rotatable bonds is 6. The summed E-state index contributed by atoms with van der Waals surface area (Å²) in [5.74, 6) is 0.443. The van der Waals surface area contributed by atoms with Crippen molar-refractivity contribution in [2.24, 2.45) is 0 Å². The van der Waals surface area contributed by atoms with Crippen LogP contribution in [0.25, 0.3) is 6.08 Å². The molecule has 3 rings (SSSR count). The third-order valence-corrected chi connectivity index (χ3v) is 5.49. The average molecular weight is 373 g/mol. The number of anilines is 1. The molecule has 0 unspecified atom stereocenters. The van der Waals surface area contributed by atoms with Gasteiger partial charge in [0.15, 0.2) is 0 Å². The predicted molar refractivity (Wildman–Crippen MR) is 107 cm³/mol. The zero-order chi connectivity index (χ0) is 18.9. The standard InChI is InChI=1S/C21H32N4O2/c1-2-27-21(26)12-11-17-14-23-20(15-22-17)24-18-8-7-13-25(16-18)19-9-5-3-4-6-10-19/h11-12,14-15,18-19H,2-10,13,16H2,1H3,(H,23,24)/b12-11+/t18-/m1/s1. The molecule has 0 radical (unpaired) electrons. The molecule has 0 spiro atoms. The molecule has 1 saturated carbocycles. The fourth-order valence-corrected chi connectivity index (χ4v) is 4.13. The number of aromatic nitrogens is 2. The van der Waals surface area contributed by atoms with E-state index in [0.29, 0.717) is 18.3 Å². The third kappa shape index (κ3) is 6.31. The number of carbonyl (C=O) groups is 1. The lowest BCUT2D eigenvalue weighted by Gasteiger charge is -2.38. The summed E-state index contributed by atoms with van der Waals surface area (Å²) in [4.78, 5) is 22.9. The molecular formula is C21H32N4O2. The maximum Gasteiger partial charge on any atom is 0.330 e. The Hall–Kier alpha value is -1.95. The Balaban J connectivity index is 1.51. The predicted octanol–water partition coefficient (Wildman–Crippen LogP) is 3.65. The molecule has 6 nitrogen and oxygen atoms in total. The Morgan fingerprint density at radius 3 is 2.70 bits per heavy atom. The molecule has 1 atom stereocenters. The Morgan fingerprint density at radius 2 is 2.00 bits per heavy atom. The first-order valence-corrected chi connectivity index (χ1v) is 10.4. The smallest absolute Gasteiger partial charge is 0.330 e. The van der Waals surface area contributed by atoms with Gasteiger partial charge < -0.3 is 10.1 Å². The number of hydrogen-bond acceptors (Lipinski definition) is 6. The van der Waals surface area contributed by atoms with Crippen LogP contribution in [0, 0.1) is 0 Å². The van der Waals surface area contributed by atoms with Crippen molar-refractivity contribution in [2.45, 2.75) is 70.4 Å². The number of likely N-dealkylation sites (tertiary alicyclic amines) is 1. The number of piperidine rings is 1. The van der Waals surface area contributed by atoms with Crippen LogP contribution in [-0.2, 0) is 9.53 Å². The van der Waals surface area contributed by atoms with E-state index in [0.717, 1.165) is 18.4 Å². The number of carbonyl (C=O) groups excluding carboxylic acids is 1. The minimum atomic E-state index is -0.359. The van der Waals surface area contributed by atoms with Crippen molar-refractivity contribution >= 4 is 17.9 Å². The minimum absolute atomic E-state index is 0.359. The second kappa shape index (κ2) is 10.4. The Labute approximate surface area is 162 Å². The molecule has 0 bridgehead atoms. The highest BCUT2D eigenvalue weighted by atomic mass is 16.5. The normalized spacial score (nSPS) is 22.5. The molecule has 6 heteroatoms. The van der Waals surface area contributed by atoms with E-state index >= 15 is 0 Å². The van der Waals surface area contributed by atoms with Crippen LogP contribution in [0.2, 0.25) is 0 Å². The van der Waals surface area contributed by atoms with Crippen molar-refractivity contribution in [3.05, 3.63) is 24.2 Å². The van der Waals surface area contributed by atoms with Crippen LogP contribution < -0.4 is 5.32 Å². The SMILES string of the molecule is CCOC(=O)/C=C/c1cnc(N[C@@H]2CCCN(C3CCCCCC3)C2)cn1. The van der Waals surface area contributed by atoms with E-state index in [1.54, 1.807) is 25.4 Å². The van der Waals surface area contributed by atoms with Crippen molar-refractivity contribution in [1.29, 1.82) is 0 Å². The van der Waals surface area contributed by atoms with Gasteiger partial charge in [0.25, 0.3) is 0 Å². The van der Waals surface area contributed by atoms with E-state index in [4.69, 9.17) is 4.74 Å². The molecule has 1 aliphatic heterocycles. The lowest BCUT2D eigenvalue weighted by molar-refractivity contribution is -0.137. The Morgan fingerprint density at radius 1 is 1.19 bits per heavy atom. The summed E-state index contributed by atoms with van der Waals surface area (Å²) in [7, 11) is 0. The summed E-state index contributed by atoms with van der Waals surface area (Å²) in [6.45, 7) is 4.48. The maximum absolute atomic E-state index is 11.4. The van der Waals surface area contributed by atoms with Gasteiger partial charge in [0.1, 0.15) is 5.82 Å². The van der Waals surface area contributed by atoms with E-state index < -0.39 is 0 Å². The van der Waals surface area contributed by atoms with Gasteiger partial charge in [-0.2, -0.15) is 0 Å². The topological polar surface area (TPSA) is 67.3 Å².